The van der Waals surface area contributed by atoms with E-state index in [1.807, 2.05) is 0 Å². The molecule has 0 bridgehead atoms. The summed E-state index contributed by atoms with van der Waals surface area (Å²) in [6, 6.07) is 0. The van der Waals surface area contributed by atoms with Gasteiger partial charge in [-0.15, -0.1) is 0 Å². The first-order valence-corrected chi connectivity index (χ1v) is 13.9. The van der Waals surface area contributed by atoms with Crippen LogP contribution in [0.2, 0.25) is 0 Å². The Balaban J connectivity index is 1.54. The number of hydrogen-bond acceptors (Lipinski definition) is 0. The molecule has 0 aromatic heterocycles. The Kier molecular flexibility index (Phi) is 4.68. The molecular formula is C31H52. The molecular weight excluding hydrogens is 372 g/mol. The van der Waals surface area contributed by atoms with E-state index >= 15 is 0 Å². The van der Waals surface area contributed by atoms with Gasteiger partial charge >= 0.3 is 0 Å². The third-order valence-corrected chi connectivity index (χ3v) is 13.7. The van der Waals surface area contributed by atoms with Gasteiger partial charge in [-0.25, -0.2) is 0 Å². The van der Waals surface area contributed by atoms with Crippen molar-refractivity contribution in [2.45, 2.75) is 127 Å². The zero-order chi connectivity index (χ0) is 22.7. The average molecular weight is 425 g/mol. The Hall–Kier alpha value is -0.260. The summed E-state index contributed by atoms with van der Waals surface area (Å²) < 4.78 is 0. The van der Waals surface area contributed by atoms with Crippen molar-refractivity contribution in [1.29, 1.82) is 0 Å². The highest BCUT2D eigenvalue weighted by atomic mass is 14.7. The van der Waals surface area contributed by atoms with Crippen LogP contribution in [0.4, 0.5) is 0 Å². The summed E-state index contributed by atoms with van der Waals surface area (Å²) in [4.78, 5) is 0. The van der Waals surface area contributed by atoms with E-state index in [0.717, 1.165) is 23.7 Å². The molecule has 0 heterocycles. The minimum Gasteiger partial charge on any atom is -0.0845 e. The van der Waals surface area contributed by atoms with Gasteiger partial charge in [0.25, 0.3) is 0 Å². The van der Waals surface area contributed by atoms with Crippen molar-refractivity contribution in [1.82, 2.24) is 0 Å². The summed E-state index contributed by atoms with van der Waals surface area (Å²) in [6.07, 6.45) is 17.3. The average Bonchev–Trinajstić information content (AvgIpc) is 2.67. The minimum atomic E-state index is 0.380. The lowest BCUT2D eigenvalue weighted by atomic mass is 9.32. The topological polar surface area (TPSA) is 0 Å². The van der Waals surface area contributed by atoms with Crippen molar-refractivity contribution in [3.63, 3.8) is 0 Å². The molecule has 4 saturated carbocycles. The van der Waals surface area contributed by atoms with Gasteiger partial charge in [-0.05, 0) is 127 Å². The van der Waals surface area contributed by atoms with Gasteiger partial charge in [0.15, 0.2) is 0 Å². The first-order valence-electron chi connectivity index (χ1n) is 13.9. The molecule has 0 aliphatic heterocycles. The highest BCUT2D eigenvalue weighted by Gasteiger charge is 2.68. The van der Waals surface area contributed by atoms with Gasteiger partial charge < -0.3 is 0 Å². The molecule has 0 N–H and O–H groups in total. The van der Waals surface area contributed by atoms with Gasteiger partial charge in [0.2, 0.25) is 0 Å². The summed E-state index contributed by atoms with van der Waals surface area (Å²) in [5, 5.41) is 0. The maximum Gasteiger partial charge on any atom is -0.0114 e. The molecule has 0 nitrogen and oxygen atoms in total. The monoisotopic (exact) mass is 424 g/mol. The molecule has 1 unspecified atom stereocenters. The van der Waals surface area contributed by atoms with Crippen LogP contribution in [0.5, 0.6) is 0 Å². The SMILES string of the molecule is CC1=CC[C@@]2(C)C(CC[C@]3(C)[C@@H]2CC[C@@H]2[C@H]4CC(C)(C)CC[C@]4(C)CC[C@]23C)C1(C)C. The second-order valence-corrected chi connectivity index (χ2v) is 15.6. The summed E-state index contributed by atoms with van der Waals surface area (Å²) >= 11 is 0. The van der Waals surface area contributed by atoms with Crippen LogP contribution in [0.15, 0.2) is 11.6 Å². The van der Waals surface area contributed by atoms with E-state index in [4.69, 9.17) is 0 Å². The zero-order valence-electron chi connectivity index (χ0n) is 22.5. The Morgan fingerprint density at radius 2 is 1.35 bits per heavy atom. The number of allylic oxidation sites excluding steroid dienone is 2. The van der Waals surface area contributed by atoms with Gasteiger partial charge in [0.05, 0.1) is 0 Å². The molecule has 176 valence electrons. The van der Waals surface area contributed by atoms with Crippen LogP contribution in [0.1, 0.15) is 127 Å². The van der Waals surface area contributed by atoms with Crippen LogP contribution in [0, 0.1) is 56.2 Å². The maximum absolute atomic E-state index is 2.80. The van der Waals surface area contributed by atoms with E-state index in [9.17, 15) is 0 Å². The van der Waals surface area contributed by atoms with Crippen molar-refractivity contribution < 1.29 is 0 Å². The predicted octanol–water partition coefficient (Wildman–Crippen LogP) is 9.44. The number of rotatable bonds is 0. The fourth-order valence-corrected chi connectivity index (χ4v) is 11.1. The zero-order valence-corrected chi connectivity index (χ0v) is 22.5. The summed E-state index contributed by atoms with van der Waals surface area (Å²) in [5.41, 5.74) is 4.79. The first-order chi connectivity index (χ1) is 14.2. The minimum absolute atomic E-state index is 0.380. The van der Waals surface area contributed by atoms with Crippen molar-refractivity contribution in [2.75, 3.05) is 0 Å². The maximum atomic E-state index is 2.80. The fourth-order valence-electron chi connectivity index (χ4n) is 11.1. The van der Waals surface area contributed by atoms with E-state index in [1.165, 1.54) is 64.2 Å². The molecule has 4 fully saturated rings. The van der Waals surface area contributed by atoms with Gasteiger partial charge in [-0.1, -0.05) is 67.0 Å². The van der Waals surface area contributed by atoms with Crippen molar-refractivity contribution in [3.05, 3.63) is 11.6 Å². The van der Waals surface area contributed by atoms with Gasteiger partial charge in [0, 0.05) is 0 Å². The predicted molar refractivity (Wildman–Crippen MR) is 134 cm³/mol. The molecule has 0 spiro atoms. The second kappa shape index (κ2) is 6.44. The third-order valence-electron chi connectivity index (χ3n) is 13.7. The number of fused-ring (bicyclic) bond motifs is 7. The van der Waals surface area contributed by atoms with Gasteiger partial charge in [-0.2, -0.15) is 0 Å². The van der Waals surface area contributed by atoms with E-state index in [2.05, 4.69) is 68.4 Å². The molecule has 8 atom stereocenters. The standard InChI is InChI=1S/C31H52/c1-21-12-14-29(7)24(27(21,4)5)13-15-31(9)25(29)11-10-22-23-20-26(2,3)16-17-28(23,6)18-19-30(22,31)8/h12,22-25H,10-11,13-20H2,1-9H3/t22-,23-,24?,25-,28-,29+,30-,31-/m1/s1. The highest BCUT2D eigenvalue weighted by molar-refractivity contribution is 5.25. The third kappa shape index (κ3) is 2.78. The second-order valence-electron chi connectivity index (χ2n) is 15.6. The van der Waals surface area contributed by atoms with Gasteiger partial charge in [0.1, 0.15) is 0 Å². The summed E-state index contributed by atoms with van der Waals surface area (Å²) in [6.45, 7) is 23.7. The van der Waals surface area contributed by atoms with Gasteiger partial charge in [-0.3, -0.25) is 0 Å². The van der Waals surface area contributed by atoms with Crippen LogP contribution in [0.3, 0.4) is 0 Å². The van der Waals surface area contributed by atoms with E-state index in [-0.39, 0.29) is 0 Å². The molecule has 5 aliphatic rings. The van der Waals surface area contributed by atoms with Crippen LogP contribution >= 0.6 is 0 Å². The lowest BCUT2D eigenvalue weighted by Crippen LogP contribution is -2.65. The number of hydrogen-bond donors (Lipinski definition) is 0. The summed E-state index contributed by atoms with van der Waals surface area (Å²) in [7, 11) is 0. The largest absolute Gasteiger partial charge is 0.0845 e. The van der Waals surface area contributed by atoms with Crippen LogP contribution in [-0.2, 0) is 0 Å². The normalized spacial score (nSPS) is 55.2. The molecule has 0 saturated heterocycles. The quantitative estimate of drug-likeness (QED) is 0.340. The van der Waals surface area contributed by atoms with Crippen molar-refractivity contribution in [3.8, 4) is 0 Å². The first kappa shape index (κ1) is 22.5. The van der Waals surface area contributed by atoms with Crippen LogP contribution in [0.25, 0.3) is 0 Å². The molecule has 0 aromatic rings. The van der Waals surface area contributed by atoms with Crippen LogP contribution < -0.4 is 0 Å². The smallest absolute Gasteiger partial charge is 0.0114 e. The molecule has 0 radical (unpaired) electrons. The van der Waals surface area contributed by atoms with Crippen molar-refractivity contribution >= 4 is 0 Å². The Morgan fingerprint density at radius 1 is 0.677 bits per heavy atom. The lowest BCUT2D eigenvalue weighted by Gasteiger charge is -2.73. The summed E-state index contributed by atoms with van der Waals surface area (Å²) in [5.74, 6) is 3.69. The molecule has 5 aliphatic carbocycles. The Morgan fingerprint density at radius 3 is 2.06 bits per heavy atom. The Bertz CT molecular complexity index is 784. The molecule has 31 heavy (non-hydrogen) atoms. The molecule has 0 heteroatoms. The fraction of sp³-hybridized carbons (Fsp3) is 0.935. The van der Waals surface area contributed by atoms with E-state index in [1.54, 1.807) is 5.57 Å². The molecule has 0 aromatic carbocycles. The van der Waals surface area contributed by atoms with Crippen molar-refractivity contribution in [2.24, 2.45) is 56.2 Å². The van der Waals surface area contributed by atoms with E-state index < -0.39 is 0 Å². The molecule has 5 rings (SSSR count). The highest BCUT2D eigenvalue weighted by Crippen LogP contribution is 2.76. The lowest BCUT2D eigenvalue weighted by molar-refractivity contribution is -0.235. The molecule has 0 amide bonds. The van der Waals surface area contributed by atoms with Crippen LogP contribution in [-0.4, -0.2) is 0 Å². The van der Waals surface area contributed by atoms with E-state index in [0.29, 0.717) is 32.5 Å². The Labute approximate surface area is 194 Å².